The Kier molecular flexibility index (Phi) is 4.79. The molecule has 118 valence electrons. The molecule has 3 rings (SSSR count). The fourth-order valence-electron chi connectivity index (χ4n) is 2.58. The summed E-state index contributed by atoms with van der Waals surface area (Å²) in [5, 5.41) is 9.31. The first-order chi connectivity index (χ1) is 11.2. The normalized spacial score (nSPS) is 10.7. The largest absolute Gasteiger partial charge is 0.497 e. The van der Waals surface area contributed by atoms with E-state index < -0.39 is 0 Å². The summed E-state index contributed by atoms with van der Waals surface area (Å²) in [4.78, 5) is 2.59. The van der Waals surface area contributed by atoms with Gasteiger partial charge in [-0.15, -0.1) is 11.3 Å². The summed E-state index contributed by atoms with van der Waals surface area (Å²) >= 11 is 1.81. The van der Waals surface area contributed by atoms with Gasteiger partial charge in [0.25, 0.3) is 0 Å². The standard InChI is InChI=1S/C20H20O2S/c1-14-3-4-15(13-21)11-17(14)12-19-9-10-20(23-19)16-5-7-18(22-2)8-6-16/h3-11,21H,12-13H2,1-2H3. The van der Waals surface area contributed by atoms with E-state index in [-0.39, 0.29) is 6.61 Å². The Morgan fingerprint density at radius 1 is 1.00 bits per heavy atom. The van der Waals surface area contributed by atoms with Crippen LogP contribution >= 0.6 is 11.3 Å². The highest BCUT2D eigenvalue weighted by Crippen LogP contribution is 2.31. The Labute approximate surface area is 141 Å². The number of ether oxygens (including phenoxy) is 1. The molecular formula is C20H20O2S. The predicted octanol–water partition coefficient (Wildman–Crippen LogP) is 4.82. The van der Waals surface area contributed by atoms with Gasteiger partial charge in [0.15, 0.2) is 0 Å². The van der Waals surface area contributed by atoms with E-state index in [2.05, 4.69) is 43.3 Å². The Balaban J connectivity index is 1.81. The Morgan fingerprint density at radius 3 is 2.48 bits per heavy atom. The van der Waals surface area contributed by atoms with Gasteiger partial charge in [-0.1, -0.05) is 18.2 Å². The lowest BCUT2D eigenvalue weighted by atomic mass is 10.0. The van der Waals surface area contributed by atoms with Crippen LogP contribution in [-0.2, 0) is 13.0 Å². The zero-order valence-electron chi connectivity index (χ0n) is 13.4. The average Bonchev–Trinajstić information content (AvgIpc) is 3.05. The molecule has 0 amide bonds. The van der Waals surface area contributed by atoms with E-state index in [1.54, 1.807) is 7.11 Å². The molecule has 0 fully saturated rings. The summed E-state index contributed by atoms with van der Waals surface area (Å²) in [6, 6.07) is 18.7. The van der Waals surface area contributed by atoms with Crippen molar-refractivity contribution in [1.82, 2.24) is 0 Å². The van der Waals surface area contributed by atoms with Crippen LogP contribution in [0.3, 0.4) is 0 Å². The van der Waals surface area contributed by atoms with Crippen molar-refractivity contribution >= 4 is 11.3 Å². The summed E-state index contributed by atoms with van der Waals surface area (Å²) in [5.41, 5.74) is 4.72. The molecule has 0 bridgehead atoms. The molecule has 0 saturated heterocycles. The molecule has 0 aliphatic rings. The third-order valence-electron chi connectivity index (χ3n) is 4.00. The molecule has 3 heteroatoms. The van der Waals surface area contributed by atoms with E-state index in [1.165, 1.54) is 26.4 Å². The maximum atomic E-state index is 9.31. The Bertz CT molecular complexity index is 788. The molecule has 0 radical (unpaired) electrons. The van der Waals surface area contributed by atoms with Crippen molar-refractivity contribution in [2.24, 2.45) is 0 Å². The summed E-state index contributed by atoms with van der Waals surface area (Å²) in [5.74, 6) is 0.877. The molecule has 0 aliphatic carbocycles. The molecule has 23 heavy (non-hydrogen) atoms. The molecular weight excluding hydrogens is 304 g/mol. The van der Waals surface area contributed by atoms with E-state index in [9.17, 15) is 5.11 Å². The molecule has 1 aromatic heterocycles. The summed E-state index contributed by atoms with van der Waals surface area (Å²) in [6.45, 7) is 2.21. The number of aliphatic hydroxyl groups is 1. The van der Waals surface area contributed by atoms with E-state index in [1.807, 2.05) is 29.5 Å². The zero-order valence-corrected chi connectivity index (χ0v) is 14.2. The smallest absolute Gasteiger partial charge is 0.118 e. The minimum atomic E-state index is 0.0921. The van der Waals surface area contributed by atoms with Gasteiger partial charge in [0.1, 0.15) is 5.75 Å². The fraction of sp³-hybridized carbons (Fsp3) is 0.200. The van der Waals surface area contributed by atoms with Crippen LogP contribution in [0.1, 0.15) is 21.6 Å². The number of thiophene rings is 1. The van der Waals surface area contributed by atoms with Crippen LogP contribution in [0.25, 0.3) is 10.4 Å². The topological polar surface area (TPSA) is 29.5 Å². The van der Waals surface area contributed by atoms with Crippen molar-refractivity contribution in [2.75, 3.05) is 7.11 Å². The first kappa shape index (κ1) is 15.8. The lowest BCUT2D eigenvalue weighted by Crippen LogP contribution is -1.92. The van der Waals surface area contributed by atoms with Gasteiger partial charge in [0.05, 0.1) is 13.7 Å². The SMILES string of the molecule is COc1ccc(-c2ccc(Cc3cc(CO)ccc3C)s2)cc1. The molecule has 1 heterocycles. The molecule has 3 aromatic rings. The van der Waals surface area contributed by atoms with Crippen molar-refractivity contribution in [3.8, 4) is 16.2 Å². The van der Waals surface area contributed by atoms with Crippen LogP contribution in [0.2, 0.25) is 0 Å². The van der Waals surface area contributed by atoms with Crippen molar-refractivity contribution in [3.63, 3.8) is 0 Å². The number of aliphatic hydroxyl groups excluding tert-OH is 1. The van der Waals surface area contributed by atoms with Gasteiger partial charge in [-0.3, -0.25) is 0 Å². The minimum absolute atomic E-state index is 0.0921. The Morgan fingerprint density at radius 2 is 1.78 bits per heavy atom. The fourth-order valence-corrected chi connectivity index (χ4v) is 3.62. The number of aryl methyl sites for hydroxylation is 1. The van der Waals surface area contributed by atoms with Crippen LogP contribution in [0.5, 0.6) is 5.75 Å². The third kappa shape index (κ3) is 3.63. The van der Waals surface area contributed by atoms with E-state index >= 15 is 0 Å². The van der Waals surface area contributed by atoms with Gasteiger partial charge < -0.3 is 9.84 Å². The number of rotatable bonds is 5. The van der Waals surface area contributed by atoms with E-state index in [4.69, 9.17) is 4.74 Å². The number of hydrogen-bond donors (Lipinski definition) is 1. The van der Waals surface area contributed by atoms with Crippen LogP contribution in [0, 0.1) is 6.92 Å². The predicted molar refractivity (Wildman–Crippen MR) is 96.2 cm³/mol. The number of hydrogen-bond acceptors (Lipinski definition) is 3. The molecule has 2 aromatic carbocycles. The second kappa shape index (κ2) is 6.99. The van der Waals surface area contributed by atoms with Crippen molar-refractivity contribution in [3.05, 3.63) is 76.2 Å². The molecule has 2 nitrogen and oxygen atoms in total. The van der Waals surface area contributed by atoms with Crippen LogP contribution in [0.4, 0.5) is 0 Å². The minimum Gasteiger partial charge on any atom is -0.497 e. The molecule has 0 atom stereocenters. The molecule has 0 unspecified atom stereocenters. The third-order valence-corrected chi connectivity index (χ3v) is 5.13. The second-order valence-corrected chi connectivity index (χ2v) is 6.76. The zero-order chi connectivity index (χ0) is 16.2. The van der Waals surface area contributed by atoms with Crippen molar-refractivity contribution < 1.29 is 9.84 Å². The maximum Gasteiger partial charge on any atom is 0.118 e. The van der Waals surface area contributed by atoms with Crippen LogP contribution < -0.4 is 4.74 Å². The molecule has 1 N–H and O–H groups in total. The van der Waals surface area contributed by atoms with Gasteiger partial charge in [-0.25, -0.2) is 0 Å². The quantitative estimate of drug-likeness (QED) is 0.729. The van der Waals surface area contributed by atoms with Crippen molar-refractivity contribution in [1.29, 1.82) is 0 Å². The van der Waals surface area contributed by atoms with Gasteiger partial charge in [-0.05, 0) is 65.6 Å². The lowest BCUT2D eigenvalue weighted by Gasteiger charge is -2.06. The highest BCUT2D eigenvalue weighted by atomic mass is 32.1. The van der Waals surface area contributed by atoms with Gasteiger partial charge >= 0.3 is 0 Å². The van der Waals surface area contributed by atoms with Crippen LogP contribution in [-0.4, -0.2) is 12.2 Å². The van der Waals surface area contributed by atoms with Gasteiger partial charge in [0, 0.05) is 16.2 Å². The summed E-state index contributed by atoms with van der Waals surface area (Å²) in [7, 11) is 1.68. The molecule has 0 aliphatic heterocycles. The van der Waals surface area contributed by atoms with Gasteiger partial charge in [0.2, 0.25) is 0 Å². The van der Waals surface area contributed by atoms with Gasteiger partial charge in [-0.2, -0.15) is 0 Å². The first-order valence-corrected chi connectivity index (χ1v) is 8.43. The maximum absolute atomic E-state index is 9.31. The number of benzene rings is 2. The second-order valence-electron chi connectivity index (χ2n) is 5.59. The van der Waals surface area contributed by atoms with Crippen molar-refractivity contribution in [2.45, 2.75) is 20.0 Å². The van der Waals surface area contributed by atoms with E-state index in [0.717, 1.165) is 17.7 Å². The first-order valence-electron chi connectivity index (χ1n) is 7.62. The van der Waals surface area contributed by atoms with Crippen LogP contribution in [0.15, 0.2) is 54.6 Å². The molecule has 0 spiro atoms. The van der Waals surface area contributed by atoms with E-state index in [0.29, 0.717) is 0 Å². The number of methoxy groups -OCH3 is 1. The average molecular weight is 324 g/mol. The summed E-state index contributed by atoms with van der Waals surface area (Å²) < 4.78 is 5.21. The highest BCUT2D eigenvalue weighted by Gasteiger charge is 2.07. The molecule has 0 saturated carbocycles. The Hall–Kier alpha value is -2.10. The monoisotopic (exact) mass is 324 g/mol. The lowest BCUT2D eigenvalue weighted by molar-refractivity contribution is 0.281. The summed E-state index contributed by atoms with van der Waals surface area (Å²) in [6.07, 6.45) is 0.903. The highest BCUT2D eigenvalue weighted by molar-refractivity contribution is 7.15.